The lowest BCUT2D eigenvalue weighted by Gasteiger charge is -2.26. The summed E-state index contributed by atoms with van der Waals surface area (Å²) < 4.78 is 25.9. The Balaban J connectivity index is 0.00000245. The van der Waals surface area contributed by atoms with E-state index in [0.29, 0.717) is 23.4 Å². The number of sulfonamides is 1. The summed E-state index contributed by atoms with van der Waals surface area (Å²) in [5, 5.41) is 3.92. The van der Waals surface area contributed by atoms with Crippen LogP contribution in [0.15, 0.2) is 36.4 Å². The number of amides is 1. The molecule has 32 heavy (non-hydrogen) atoms. The molecule has 0 saturated carbocycles. The molecule has 0 bridgehead atoms. The Labute approximate surface area is 194 Å². The predicted molar refractivity (Wildman–Crippen MR) is 130 cm³/mol. The van der Waals surface area contributed by atoms with Gasteiger partial charge in [-0.15, -0.1) is 12.4 Å². The van der Waals surface area contributed by atoms with Gasteiger partial charge in [-0.05, 0) is 61.8 Å². The Kier molecular flexibility index (Phi) is 6.20. The van der Waals surface area contributed by atoms with Gasteiger partial charge in [0.25, 0.3) is 5.91 Å². The first-order chi connectivity index (χ1) is 14.9. The number of aromatic amines is 1. The van der Waals surface area contributed by atoms with Gasteiger partial charge in [-0.1, -0.05) is 12.5 Å². The highest BCUT2D eigenvalue weighted by molar-refractivity contribution is 7.92. The third-order valence-electron chi connectivity index (χ3n) is 6.09. The number of carbonyl (C=O) groups excluding carboxylic acids is 1. The van der Waals surface area contributed by atoms with Gasteiger partial charge in [-0.2, -0.15) is 0 Å². The van der Waals surface area contributed by atoms with E-state index in [-0.39, 0.29) is 18.3 Å². The highest BCUT2D eigenvalue weighted by atomic mass is 35.5. The monoisotopic (exact) mass is 474 g/mol. The smallest absolute Gasteiger partial charge is 0.252 e. The number of nitrogens with zero attached hydrogens (tertiary/aromatic N) is 1. The van der Waals surface area contributed by atoms with Crippen molar-refractivity contribution in [2.24, 2.45) is 0 Å². The van der Waals surface area contributed by atoms with Gasteiger partial charge in [0.05, 0.1) is 17.5 Å². The quantitative estimate of drug-likeness (QED) is 0.523. The maximum atomic E-state index is 12.6. The molecule has 7 nitrogen and oxygen atoms in total. The standard InChI is InChI=1S/C23H26N4O3S.ClH/c1-31(29,30)26-20-8-6-17(22-18(20)13-24-23(22)28)21-12-16-11-15(5-7-19(16)25-21)14-27-9-3-2-4-10-27;/h5-8,11-12,25-26H,2-4,9-10,13-14H2,1H3,(H,24,28);1H. The fourth-order valence-electron chi connectivity index (χ4n) is 4.67. The van der Waals surface area contributed by atoms with Crippen molar-refractivity contribution in [2.75, 3.05) is 24.1 Å². The number of H-pyrrole nitrogens is 1. The lowest BCUT2D eigenvalue weighted by molar-refractivity contribution is 0.0966. The molecule has 3 heterocycles. The number of nitrogens with one attached hydrogen (secondary N) is 3. The van der Waals surface area contributed by atoms with Gasteiger partial charge in [0.2, 0.25) is 10.0 Å². The highest BCUT2D eigenvalue weighted by Gasteiger charge is 2.27. The Hall–Kier alpha value is -2.55. The molecule has 1 saturated heterocycles. The van der Waals surface area contributed by atoms with Crippen molar-refractivity contribution in [2.45, 2.75) is 32.4 Å². The number of benzene rings is 2. The number of aromatic nitrogens is 1. The molecule has 3 N–H and O–H groups in total. The Bertz CT molecular complexity index is 1280. The van der Waals surface area contributed by atoms with Gasteiger partial charge >= 0.3 is 0 Å². The third kappa shape index (κ3) is 4.48. The molecule has 0 atom stereocenters. The molecule has 170 valence electrons. The van der Waals surface area contributed by atoms with Crippen LogP contribution in [0.1, 0.15) is 40.7 Å². The number of fused-ring (bicyclic) bond motifs is 2. The third-order valence-corrected chi connectivity index (χ3v) is 6.68. The van der Waals surface area contributed by atoms with E-state index < -0.39 is 10.0 Å². The average Bonchev–Trinajstić information content (AvgIpc) is 3.32. The molecule has 3 aromatic rings. The summed E-state index contributed by atoms with van der Waals surface area (Å²) in [5.74, 6) is -0.188. The van der Waals surface area contributed by atoms with Crippen LogP contribution >= 0.6 is 12.4 Å². The number of hydrogen-bond acceptors (Lipinski definition) is 4. The zero-order valence-corrected chi connectivity index (χ0v) is 19.5. The van der Waals surface area contributed by atoms with Crippen LogP contribution < -0.4 is 10.0 Å². The van der Waals surface area contributed by atoms with Gasteiger partial charge < -0.3 is 10.3 Å². The zero-order valence-electron chi connectivity index (χ0n) is 17.9. The minimum Gasteiger partial charge on any atom is -0.355 e. The molecule has 0 aliphatic carbocycles. The van der Waals surface area contributed by atoms with E-state index in [0.717, 1.165) is 48.1 Å². The molecular weight excluding hydrogens is 448 g/mol. The number of piperidine rings is 1. The van der Waals surface area contributed by atoms with E-state index in [9.17, 15) is 13.2 Å². The van der Waals surface area contributed by atoms with Crippen molar-refractivity contribution in [3.8, 4) is 11.3 Å². The molecule has 5 rings (SSSR count). The minimum absolute atomic E-state index is 0. The van der Waals surface area contributed by atoms with Crippen molar-refractivity contribution in [1.82, 2.24) is 15.2 Å². The number of likely N-dealkylation sites (tertiary alicyclic amines) is 1. The van der Waals surface area contributed by atoms with Crippen molar-refractivity contribution in [3.63, 3.8) is 0 Å². The van der Waals surface area contributed by atoms with Gasteiger partial charge in [-0.3, -0.25) is 14.4 Å². The van der Waals surface area contributed by atoms with Crippen LogP contribution in [-0.4, -0.2) is 43.6 Å². The van der Waals surface area contributed by atoms with E-state index in [1.807, 2.05) is 0 Å². The zero-order chi connectivity index (χ0) is 21.6. The summed E-state index contributed by atoms with van der Waals surface area (Å²) in [6.45, 7) is 3.58. The van der Waals surface area contributed by atoms with Crippen molar-refractivity contribution in [1.29, 1.82) is 0 Å². The molecule has 0 spiro atoms. The van der Waals surface area contributed by atoms with Crippen molar-refractivity contribution >= 4 is 44.9 Å². The van der Waals surface area contributed by atoms with E-state index in [1.54, 1.807) is 12.1 Å². The minimum atomic E-state index is -3.43. The molecule has 2 aromatic carbocycles. The van der Waals surface area contributed by atoms with E-state index in [1.165, 1.54) is 24.8 Å². The molecule has 1 amide bonds. The van der Waals surface area contributed by atoms with E-state index in [4.69, 9.17) is 0 Å². The number of hydrogen-bond donors (Lipinski definition) is 3. The summed E-state index contributed by atoms with van der Waals surface area (Å²) in [4.78, 5) is 18.5. The summed E-state index contributed by atoms with van der Waals surface area (Å²) in [5.41, 5.74) is 5.58. The van der Waals surface area contributed by atoms with Crippen LogP contribution in [0.2, 0.25) is 0 Å². The molecule has 1 fully saturated rings. The van der Waals surface area contributed by atoms with Crippen LogP contribution in [0.5, 0.6) is 0 Å². The van der Waals surface area contributed by atoms with Crippen molar-refractivity contribution < 1.29 is 13.2 Å². The first kappa shape index (κ1) is 22.6. The fraction of sp³-hybridized carbons (Fsp3) is 0.348. The fourth-order valence-corrected chi connectivity index (χ4v) is 5.26. The second kappa shape index (κ2) is 8.77. The summed E-state index contributed by atoms with van der Waals surface area (Å²) >= 11 is 0. The number of rotatable bonds is 5. The van der Waals surface area contributed by atoms with Gasteiger partial charge in [-0.25, -0.2) is 8.42 Å². The lowest BCUT2D eigenvalue weighted by atomic mass is 9.99. The summed E-state index contributed by atoms with van der Waals surface area (Å²) in [6.07, 6.45) is 4.98. The Morgan fingerprint density at radius 3 is 2.59 bits per heavy atom. The highest BCUT2D eigenvalue weighted by Crippen LogP contribution is 2.35. The molecule has 0 unspecified atom stereocenters. The normalized spacial score (nSPS) is 16.5. The number of halogens is 1. The second-order valence-electron chi connectivity index (χ2n) is 8.51. The molecular formula is C23H27ClN4O3S. The second-order valence-corrected chi connectivity index (χ2v) is 10.3. The van der Waals surface area contributed by atoms with Gasteiger partial charge in [0.1, 0.15) is 0 Å². The largest absolute Gasteiger partial charge is 0.355 e. The average molecular weight is 475 g/mol. The molecule has 1 aromatic heterocycles. The molecule has 0 radical (unpaired) electrons. The van der Waals surface area contributed by atoms with E-state index in [2.05, 4.69) is 44.2 Å². The Morgan fingerprint density at radius 1 is 1.06 bits per heavy atom. The van der Waals surface area contributed by atoms with Crippen LogP contribution in [0, 0.1) is 0 Å². The van der Waals surface area contributed by atoms with Crippen LogP contribution in [0.4, 0.5) is 5.69 Å². The summed E-state index contributed by atoms with van der Waals surface area (Å²) in [6, 6.07) is 12.1. The summed E-state index contributed by atoms with van der Waals surface area (Å²) in [7, 11) is -3.43. The van der Waals surface area contributed by atoms with Crippen molar-refractivity contribution in [3.05, 3.63) is 53.1 Å². The first-order valence-electron chi connectivity index (χ1n) is 10.6. The maximum Gasteiger partial charge on any atom is 0.252 e. The molecule has 9 heteroatoms. The number of carbonyl (C=O) groups is 1. The van der Waals surface area contributed by atoms with E-state index >= 15 is 0 Å². The van der Waals surface area contributed by atoms with Gasteiger partial charge in [0, 0.05) is 40.8 Å². The van der Waals surface area contributed by atoms with Crippen LogP contribution in [0.25, 0.3) is 22.2 Å². The topological polar surface area (TPSA) is 94.3 Å². The maximum absolute atomic E-state index is 12.6. The number of anilines is 1. The Morgan fingerprint density at radius 2 is 1.84 bits per heavy atom. The van der Waals surface area contributed by atoms with Gasteiger partial charge in [0.15, 0.2) is 0 Å². The lowest BCUT2D eigenvalue weighted by Crippen LogP contribution is -2.28. The molecule has 2 aliphatic heterocycles. The van der Waals surface area contributed by atoms with Crippen LogP contribution in [0.3, 0.4) is 0 Å². The predicted octanol–water partition coefficient (Wildman–Crippen LogP) is 3.86. The first-order valence-corrected chi connectivity index (χ1v) is 12.5. The van der Waals surface area contributed by atoms with Crippen LogP contribution in [-0.2, 0) is 23.1 Å². The SMILES string of the molecule is CS(=O)(=O)Nc1ccc(-c2cc3cc(CN4CCCCC4)ccc3[nH]2)c2c1CNC2=O.Cl. The molecule has 2 aliphatic rings.